The third-order valence-electron chi connectivity index (χ3n) is 5.21. The van der Waals surface area contributed by atoms with Gasteiger partial charge in [-0.2, -0.15) is 0 Å². The summed E-state index contributed by atoms with van der Waals surface area (Å²) in [5.41, 5.74) is 0.770. The van der Waals surface area contributed by atoms with Crippen LogP contribution in [0.3, 0.4) is 0 Å². The molecule has 1 aliphatic heterocycles. The number of aromatic nitrogens is 2. The summed E-state index contributed by atoms with van der Waals surface area (Å²) >= 11 is 0. The fourth-order valence-corrected chi connectivity index (χ4v) is 3.91. The van der Waals surface area contributed by atoms with Crippen LogP contribution in [0.4, 0.5) is 0 Å². The Morgan fingerprint density at radius 3 is 2.50 bits per heavy atom. The van der Waals surface area contributed by atoms with Gasteiger partial charge in [-0.25, -0.2) is 0 Å². The monoisotopic (exact) mass is 330 g/mol. The molecule has 1 aromatic heterocycles. The van der Waals surface area contributed by atoms with Crippen molar-refractivity contribution in [2.45, 2.75) is 45.1 Å². The van der Waals surface area contributed by atoms with Crippen molar-refractivity contribution in [1.82, 2.24) is 19.8 Å². The summed E-state index contributed by atoms with van der Waals surface area (Å²) < 4.78 is 0. The van der Waals surface area contributed by atoms with E-state index in [0.29, 0.717) is 6.54 Å². The Balaban J connectivity index is 1.67. The minimum atomic E-state index is -0.187. The van der Waals surface area contributed by atoms with Crippen LogP contribution < -0.4 is 0 Å². The molecule has 1 aromatic rings. The lowest BCUT2D eigenvalue weighted by atomic mass is 9.77. The highest BCUT2D eigenvalue weighted by atomic mass is 16.2. The van der Waals surface area contributed by atoms with E-state index in [9.17, 15) is 9.59 Å². The normalized spacial score (nSPS) is 24.0. The summed E-state index contributed by atoms with van der Waals surface area (Å²) in [6, 6.07) is 0. The Labute approximate surface area is 143 Å². The van der Waals surface area contributed by atoms with E-state index in [0.717, 1.165) is 57.3 Å². The van der Waals surface area contributed by atoms with E-state index in [2.05, 4.69) is 9.97 Å². The van der Waals surface area contributed by atoms with Crippen LogP contribution in [-0.4, -0.2) is 51.7 Å². The predicted octanol–water partition coefficient (Wildman–Crippen LogP) is 1.86. The minimum Gasteiger partial charge on any atom is -0.342 e. The molecule has 0 N–H and O–H groups in total. The Hall–Kier alpha value is -1.98. The van der Waals surface area contributed by atoms with Crippen LogP contribution in [0, 0.1) is 11.8 Å². The number of carbonyl (C=O) groups is 2. The van der Waals surface area contributed by atoms with E-state index in [4.69, 9.17) is 0 Å². The Morgan fingerprint density at radius 1 is 1.12 bits per heavy atom. The molecule has 1 saturated carbocycles. The molecule has 2 heterocycles. The molecule has 0 spiro atoms. The van der Waals surface area contributed by atoms with Gasteiger partial charge in [0.2, 0.25) is 11.8 Å². The zero-order chi connectivity index (χ0) is 16.9. The molecule has 2 amide bonds. The Bertz CT molecular complexity index is 572. The van der Waals surface area contributed by atoms with Gasteiger partial charge < -0.3 is 9.80 Å². The van der Waals surface area contributed by atoms with E-state index in [1.54, 1.807) is 30.5 Å². The highest BCUT2D eigenvalue weighted by Crippen LogP contribution is 2.33. The maximum atomic E-state index is 12.9. The summed E-state index contributed by atoms with van der Waals surface area (Å²) in [6.07, 6.45) is 10.8. The lowest BCUT2D eigenvalue weighted by Gasteiger charge is -2.34. The zero-order valence-corrected chi connectivity index (χ0v) is 14.4. The second-order valence-corrected chi connectivity index (χ2v) is 6.92. The first-order valence-corrected chi connectivity index (χ1v) is 8.95. The molecule has 0 radical (unpaired) electrons. The predicted molar refractivity (Wildman–Crippen MR) is 89.8 cm³/mol. The van der Waals surface area contributed by atoms with Gasteiger partial charge in [-0.15, -0.1) is 0 Å². The SMILES string of the molecule is CN(Cc1cnccn1)C(=O)C1CCCCC1C(=O)N1CCCC1. The smallest absolute Gasteiger partial charge is 0.226 e. The molecule has 2 fully saturated rings. The van der Waals surface area contributed by atoms with Crippen LogP contribution >= 0.6 is 0 Å². The van der Waals surface area contributed by atoms with Crippen LogP contribution in [0.5, 0.6) is 0 Å². The molecule has 130 valence electrons. The van der Waals surface area contributed by atoms with Crippen LogP contribution in [-0.2, 0) is 16.1 Å². The molecule has 0 aromatic carbocycles. The first-order chi connectivity index (χ1) is 11.7. The number of likely N-dealkylation sites (tertiary alicyclic amines) is 1. The van der Waals surface area contributed by atoms with E-state index in [-0.39, 0.29) is 23.7 Å². The largest absolute Gasteiger partial charge is 0.342 e. The molecule has 2 atom stereocenters. The fraction of sp³-hybridized carbons (Fsp3) is 0.667. The van der Waals surface area contributed by atoms with E-state index in [1.165, 1.54) is 0 Å². The molecule has 0 bridgehead atoms. The fourth-order valence-electron chi connectivity index (χ4n) is 3.91. The molecule has 24 heavy (non-hydrogen) atoms. The quantitative estimate of drug-likeness (QED) is 0.845. The molecular weight excluding hydrogens is 304 g/mol. The summed E-state index contributed by atoms with van der Waals surface area (Å²) in [4.78, 5) is 37.7. The van der Waals surface area contributed by atoms with Gasteiger partial charge in [0.25, 0.3) is 0 Å². The second kappa shape index (κ2) is 7.73. The molecule has 2 aliphatic rings. The van der Waals surface area contributed by atoms with Crippen molar-refractivity contribution in [3.05, 3.63) is 24.3 Å². The molecule has 6 nitrogen and oxygen atoms in total. The van der Waals surface area contributed by atoms with Gasteiger partial charge in [0.1, 0.15) is 0 Å². The number of nitrogens with zero attached hydrogens (tertiary/aromatic N) is 4. The highest BCUT2D eigenvalue weighted by Gasteiger charge is 2.39. The molecule has 3 rings (SSSR count). The van der Waals surface area contributed by atoms with Gasteiger partial charge >= 0.3 is 0 Å². The number of rotatable bonds is 4. The lowest BCUT2D eigenvalue weighted by molar-refractivity contribution is -0.147. The third kappa shape index (κ3) is 3.74. The van der Waals surface area contributed by atoms with Crippen LogP contribution in [0.1, 0.15) is 44.2 Å². The van der Waals surface area contributed by atoms with Crippen LogP contribution in [0.25, 0.3) is 0 Å². The van der Waals surface area contributed by atoms with Crippen LogP contribution in [0.15, 0.2) is 18.6 Å². The average Bonchev–Trinajstić information content (AvgIpc) is 3.16. The summed E-state index contributed by atoms with van der Waals surface area (Å²) in [7, 11) is 1.79. The minimum absolute atomic E-state index is 0.0675. The summed E-state index contributed by atoms with van der Waals surface area (Å²) in [5.74, 6) is -0.0708. The van der Waals surface area contributed by atoms with Crippen molar-refractivity contribution < 1.29 is 9.59 Å². The van der Waals surface area contributed by atoms with Crippen molar-refractivity contribution in [2.24, 2.45) is 11.8 Å². The number of hydrogen-bond donors (Lipinski definition) is 0. The van der Waals surface area contributed by atoms with Gasteiger partial charge in [0, 0.05) is 44.4 Å². The van der Waals surface area contributed by atoms with Crippen molar-refractivity contribution >= 4 is 11.8 Å². The summed E-state index contributed by atoms with van der Waals surface area (Å²) in [6.45, 7) is 2.14. The lowest BCUT2D eigenvalue weighted by Crippen LogP contribution is -2.45. The van der Waals surface area contributed by atoms with Crippen molar-refractivity contribution in [2.75, 3.05) is 20.1 Å². The molecule has 6 heteroatoms. The standard InChI is InChI=1S/C18H26N4O2/c1-21(13-14-12-19-8-9-20-14)17(23)15-6-2-3-7-16(15)18(24)22-10-4-5-11-22/h8-9,12,15-16H,2-7,10-11,13H2,1H3. The number of carbonyl (C=O) groups excluding carboxylic acids is 2. The molecule has 1 aliphatic carbocycles. The molecule has 1 saturated heterocycles. The topological polar surface area (TPSA) is 66.4 Å². The van der Waals surface area contributed by atoms with Crippen molar-refractivity contribution in [1.29, 1.82) is 0 Å². The van der Waals surface area contributed by atoms with Crippen molar-refractivity contribution in [3.63, 3.8) is 0 Å². The number of amides is 2. The van der Waals surface area contributed by atoms with Gasteiger partial charge in [0.05, 0.1) is 18.4 Å². The first kappa shape index (κ1) is 16.9. The highest BCUT2D eigenvalue weighted by molar-refractivity contribution is 5.88. The van der Waals surface area contributed by atoms with Gasteiger partial charge in [-0.3, -0.25) is 19.6 Å². The van der Waals surface area contributed by atoms with Gasteiger partial charge in [-0.1, -0.05) is 12.8 Å². The van der Waals surface area contributed by atoms with E-state index < -0.39 is 0 Å². The zero-order valence-electron chi connectivity index (χ0n) is 14.4. The second-order valence-electron chi connectivity index (χ2n) is 6.92. The molecule has 2 unspecified atom stereocenters. The third-order valence-corrected chi connectivity index (χ3v) is 5.21. The summed E-state index contributed by atoms with van der Waals surface area (Å²) in [5, 5.41) is 0. The van der Waals surface area contributed by atoms with E-state index >= 15 is 0 Å². The van der Waals surface area contributed by atoms with Crippen molar-refractivity contribution in [3.8, 4) is 0 Å². The average molecular weight is 330 g/mol. The molecular formula is C18H26N4O2. The Kier molecular flexibility index (Phi) is 5.43. The maximum Gasteiger partial charge on any atom is 0.226 e. The maximum absolute atomic E-state index is 12.9. The van der Waals surface area contributed by atoms with Gasteiger partial charge in [-0.05, 0) is 25.7 Å². The Morgan fingerprint density at radius 2 is 1.83 bits per heavy atom. The van der Waals surface area contributed by atoms with Crippen LogP contribution in [0.2, 0.25) is 0 Å². The van der Waals surface area contributed by atoms with E-state index in [1.807, 2.05) is 4.90 Å². The number of hydrogen-bond acceptors (Lipinski definition) is 4. The first-order valence-electron chi connectivity index (χ1n) is 8.95. The van der Waals surface area contributed by atoms with Gasteiger partial charge in [0.15, 0.2) is 0 Å².